The SMILES string of the molecule is CC(C)(C)C1=CS/C(=C(\C#N)c2ccnc(NCCCN3C(=O)CCC3=O)n2)N1. The van der Waals surface area contributed by atoms with Crippen molar-refractivity contribution in [1.29, 1.82) is 5.26 Å². The highest BCUT2D eigenvalue weighted by molar-refractivity contribution is 8.06. The van der Waals surface area contributed by atoms with Gasteiger partial charge in [-0.3, -0.25) is 14.5 Å². The van der Waals surface area contributed by atoms with Crippen molar-refractivity contribution >= 4 is 35.1 Å². The van der Waals surface area contributed by atoms with E-state index in [1.807, 2.05) is 5.41 Å². The minimum atomic E-state index is -0.108. The van der Waals surface area contributed by atoms with Crippen molar-refractivity contribution in [1.82, 2.24) is 20.2 Å². The molecule has 0 spiro atoms. The van der Waals surface area contributed by atoms with Crippen LogP contribution in [0.15, 0.2) is 28.4 Å². The number of carbonyl (C=O) groups excluding carboxylic acids is 2. The number of nitrogens with one attached hydrogen (secondary N) is 2. The molecular formula is C20H24N6O2S. The van der Waals surface area contributed by atoms with E-state index in [1.165, 1.54) is 16.7 Å². The van der Waals surface area contributed by atoms with Crippen LogP contribution in [0.2, 0.25) is 0 Å². The number of hydrogen-bond donors (Lipinski definition) is 2. The summed E-state index contributed by atoms with van der Waals surface area (Å²) < 4.78 is 0. The Morgan fingerprint density at radius 3 is 2.69 bits per heavy atom. The van der Waals surface area contributed by atoms with E-state index < -0.39 is 0 Å². The first-order valence-electron chi connectivity index (χ1n) is 9.49. The Kier molecular flexibility index (Phi) is 6.23. The van der Waals surface area contributed by atoms with E-state index in [-0.39, 0.29) is 17.2 Å². The van der Waals surface area contributed by atoms with Gasteiger partial charge in [0.1, 0.15) is 11.6 Å². The molecule has 9 heteroatoms. The van der Waals surface area contributed by atoms with Crippen LogP contribution in [0.5, 0.6) is 0 Å². The van der Waals surface area contributed by atoms with Gasteiger partial charge in [-0.25, -0.2) is 9.97 Å². The van der Waals surface area contributed by atoms with Crippen LogP contribution in [-0.2, 0) is 9.59 Å². The molecule has 2 aliphatic rings. The Bertz CT molecular complexity index is 910. The summed E-state index contributed by atoms with van der Waals surface area (Å²) in [6.07, 6.45) is 2.82. The fraction of sp³-hybridized carbons (Fsp3) is 0.450. The normalized spacial score (nSPS) is 18.4. The maximum Gasteiger partial charge on any atom is 0.229 e. The molecule has 0 saturated carbocycles. The number of nitrogens with zero attached hydrogens (tertiary/aromatic N) is 4. The molecule has 152 valence electrons. The van der Waals surface area contributed by atoms with Gasteiger partial charge in [0.15, 0.2) is 0 Å². The van der Waals surface area contributed by atoms with Crippen molar-refractivity contribution in [3.63, 3.8) is 0 Å². The number of amides is 2. The second-order valence-electron chi connectivity index (χ2n) is 7.83. The van der Waals surface area contributed by atoms with Gasteiger partial charge in [0.05, 0.1) is 10.7 Å². The van der Waals surface area contributed by atoms with Crippen LogP contribution in [0, 0.1) is 16.7 Å². The molecule has 0 radical (unpaired) electrons. The van der Waals surface area contributed by atoms with Crippen LogP contribution in [0.3, 0.4) is 0 Å². The predicted octanol–water partition coefficient (Wildman–Crippen LogP) is 2.84. The highest BCUT2D eigenvalue weighted by atomic mass is 32.2. The zero-order valence-corrected chi connectivity index (χ0v) is 17.6. The molecule has 0 aliphatic carbocycles. The summed E-state index contributed by atoms with van der Waals surface area (Å²) in [4.78, 5) is 33.2. The van der Waals surface area contributed by atoms with Gasteiger partial charge in [0, 0.05) is 43.2 Å². The van der Waals surface area contributed by atoms with E-state index in [4.69, 9.17) is 0 Å². The smallest absolute Gasteiger partial charge is 0.229 e. The lowest BCUT2D eigenvalue weighted by atomic mass is 9.93. The summed E-state index contributed by atoms with van der Waals surface area (Å²) in [5, 5.41) is 18.9. The van der Waals surface area contributed by atoms with Gasteiger partial charge < -0.3 is 10.6 Å². The van der Waals surface area contributed by atoms with E-state index in [0.29, 0.717) is 49.6 Å². The average molecular weight is 413 g/mol. The molecule has 1 aromatic rings. The Balaban J connectivity index is 1.62. The van der Waals surface area contributed by atoms with Crippen molar-refractivity contribution in [3.05, 3.63) is 34.1 Å². The van der Waals surface area contributed by atoms with Crippen molar-refractivity contribution < 1.29 is 9.59 Å². The maximum atomic E-state index is 11.6. The Hall–Kier alpha value is -2.86. The van der Waals surface area contributed by atoms with E-state index >= 15 is 0 Å². The van der Waals surface area contributed by atoms with Gasteiger partial charge >= 0.3 is 0 Å². The zero-order valence-electron chi connectivity index (χ0n) is 16.8. The molecule has 3 heterocycles. The first kappa shape index (κ1) is 20.9. The number of rotatable bonds is 6. The summed E-state index contributed by atoms with van der Waals surface area (Å²) >= 11 is 1.48. The summed E-state index contributed by atoms with van der Waals surface area (Å²) in [7, 11) is 0. The number of allylic oxidation sites excluding steroid dienone is 2. The Morgan fingerprint density at radius 1 is 1.34 bits per heavy atom. The van der Waals surface area contributed by atoms with Gasteiger partial charge in [-0.05, 0) is 17.9 Å². The van der Waals surface area contributed by atoms with Crippen molar-refractivity contribution in [2.45, 2.75) is 40.0 Å². The third kappa shape index (κ3) is 4.95. The van der Waals surface area contributed by atoms with Crippen molar-refractivity contribution in [3.8, 4) is 6.07 Å². The molecule has 2 amide bonds. The van der Waals surface area contributed by atoms with Gasteiger partial charge in [-0.2, -0.15) is 5.26 Å². The number of hydrogen-bond acceptors (Lipinski definition) is 8. The summed E-state index contributed by atoms with van der Waals surface area (Å²) in [6, 6.07) is 3.94. The molecule has 0 aromatic carbocycles. The van der Waals surface area contributed by atoms with Crippen LogP contribution in [0.1, 0.15) is 45.7 Å². The molecule has 2 aliphatic heterocycles. The highest BCUT2D eigenvalue weighted by Crippen LogP contribution is 2.37. The molecule has 0 unspecified atom stereocenters. The summed E-state index contributed by atoms with van der Waals surface area (Å²) in [5.74, 6) is 0.189. The van der Waals surface area contributed by atoms with Gasteiger partial charge in [-0.15, -0.1) is 0 Å². The van der Waals surface area contributed by atoms with Crippen LogP contribution in [0.25, 0.3) is 5.57 Å². The van der Waals surface area contributed by atoms with Crippen LogP contribution >= 0.6 is 11.8 Å². The lowest BCUT2D eigenvalue weighted by Crippen LogP contribution is -2.31. The predicted molar refractivity (Wildman–Crippen MR) is 112 cm³/mol. The standard InChI is InChI=1S/C20H24N6O2S/c1-20(2,3)15-12-29-18(25-15)13(11-21)14-7-9-23-19(24-14)22-8-4-10-26-16(27)5-6-17(26)28/h7,9,12,25H,4-6,8,10H2,1-3H3,(H,22,23,24)/b18-13+. The number of aromatic nitrogens is 2. The molecule has 29 heavy (non-hydrogen) atoms. The van der Waals surface area contributed by atoms with Gasteiger partial charge in [0.25, 0.3) is 0 Å². The Morgan fingerprint density at radius 2 is 2.07 bits per heavy atom. The van der Waals surface area contributed by atoms with Crippen molar-refractivity contribution in [2.24, 2.45) is 5.41 Å². The Labute approximate surface area is 174 Å². The van der Waals surface area contributed by atoms with Gasteiger partial charge in [0.2, 0.25) is 17.8 Å². The van der Waals surface area contributed by atoms with Crippen LogP contribution in [-0.4, -0.2) is 39.8 Å². The molecule has 0 bridgehead atoms. The quantitative estimate of drug-likeness (QED) is 0.417. The third-order valence-electron chi connectivity index (χ3n) is 4.60. The zero-order chi connectivity index (χ0) is 21.0. The fourth-order valence-corrected chi connectivity index (χ4v) is 3.99. The van der Waals surface area contributed by atoms with E-state index in [1.54, 1.807) is 12.3 Å². The second kappa shape index (κ2) is 8.66. The monoisotopic (exact) mass is 412 g/mol. The minimum absolute atomic E-state index is 0.0359. The van der Waals surface area contributed by atoms with Crippen LogP contribution < -0.4 is 10.6 Å². The minimum Gasteiger partial charge on any atom is -0.354 e. The number of carbonyl (C=O) groups is 2. The third-order valence-corrected chi connectivity index (χ3v) is 5.49. The molecule has 2 N–H and O–H groups in total. The van der Waals surface area contributed by atoms with Crippen molar-refractivity contribution in [2.75, 3.05) is 18.4 Å². The first-order chi connectivity index (χ1) is 13.8. The summed E-state index contributed by atoms with van der Waals surface area (Å²) in [6.45, 7) is 7.23. The number of thioether (sulfide) groups is 1. The highest BCUT2D eigenvalue weighted by Gasteiger charge is 2.28. The van der Waals surface area contributed by atoms with E-state index in [0.717, 1.165) is 10.7 Å². The molecule has 1 aromatic heterocycles. The molecule has 1 fully saturated rings. The fourth-order valence-electron chi connectivity index (χ4n) is 2.90. The number of nitriles is 1. The molecule has 8 nitrogen and oxygen atoms in total. The second-order valence-corrected chi connectivity index (χ2v) is 8.70. The lowest BCUT2D eigenvalue weighted by molar-refractivity contribution is -0.138. The molecule has 1 saturated heterocycles. The molecule has 3 rings (SSSR count). The number of anilines is 1. The lowest BCUT2D eigenvalue weighted by Gasteiger charge is -2.20. The largest absolute Gasteiger partial charge is 0.354 e. The topological polar surface area (TPSA) is 111 Å². The van der Waals surface area contributed by atoms with Crippen LogP contribution in [0.4, 0.5) is 5.95 Å². The maximum absolute atomic E-state index is 11.6. The molecule has 0 atom stereocenters. The van der Waals surface area contributed by atoms with E-state index in [9.17, 15) is 14.9 Å². The van der Waals surface area contributed by atoms with Gasteiger partial charge in [-0.1, -0.05) is 32.5 Å². The first-order valence-corrected chi connectivity index (χ1v) is 10.4. The summed E-state index contributed by atoms with van der Waals surface area (Å²) in [5.41, 5.74) is 2.02. The van der Waals surface area contributed by atoms with E-state index in [2.05, 4.69) is 47.4 Å². The number of likely N-dealkylation sites (tertiary alicyclic amines) is 1. The average Bonchev–Trinajstić information content (AvgIpc) is 3.28. The molecular weight excluding hydrogens is 388 g/mol. The number of imide groups is 1.